The first-order valence-electron chi connectivity index (χ1n) is 8.05. The van der Waals surface area contributed by atoms with Crippen molar-refractivity contribution in [3.05, 3.63) is 71.3 Å². The van der Waals surface area contributed by atoms with Crippen molar-refractivity contribution in [1.82, 2.24) is 4.90 Å². The molecule has 4 N–H and O–H groups in total. The lowest BCUT2D eigenvalue weighted by Crippen LogP contribution is -2.23. The topological polar surface area (TPSA) is 55.3 Å². The molecule has 0 bridgehead atoms. The molecule has 1 fully saturated rings. The number of nitrogens with two attached hydrogens (primary N) is 2. The highest BCUT2D eigenvalue weighted by atomic mass is 15.2. The predicted molar refractivity (Wildman–Crippen MR) is 91.3 cm³/mol. The van der Waals surface area contributed by atoms with Gasteiger partial charge in [0.15, 0.2) is 0 Å². The summed E-state index contributed by atoms with van der Waals surface area (Å²) >= 11 is 0. The lowest BCUT2D eigenvalue weighted by Gasteiger charge is -2.18. The van der Waals surface area contributed by atoms with E-state index < -0.39 is 0 Å². The van der Waals surface area contributed by atoms with Crippen LogP contribution in [0.3, 0.4) is 0 Å². The molecule has 0 amide bonds. The van der Waals surface area contributed by atoms with Crippen molar-refractivity contribution in [3.63, 3.8) is 0 Å². The summed E-state index contributed by atoms with van der Waals surface area (Å²) in [6.07, 6.45) is 0. The van der Waals surface area contributed by atoms with Gasteiger partial charge < -0.3 is 11.5 Å². The highest BCUT2D eigenvalue weighted by molar-refractivity contribution is 5.28. The summed E-state index contributed by atoms with van der Waals surface area (Å²) in [5, 5.41) is 0. The molecule has 0 aliphatic carbocycles. The second kappa shape index (κ2) is 7.05. The van der Waals surface area contributed by atoms with Gasteiger partial charge in [-0.15, -0.1) is 0 Å². The van der Waals surface area contributed by atoms with E-state index in [4.69, 9.17) is 11.5 Å². The first kappa shape index (κ1) is 15.2. The summed E-state index contributed by atoms with van der Waals surface area (Å²) in [6, 6.07) is 19.3. The molecule has 0 radical (unpaired) electrons. The average Bonchev–Trinajstić information content (AvgIpc) is 2.99. The highest BCUT2D eigenvalue weighted by Gasteiger charge is 2.32. The molecule has 3 heteroatoms. The Balaban J connectivity index is 1.74. The quantitative estimate of drug-likeness (QED) is 0.890. The minimum absolute atomic E-state index is 0.514. The molecule has 1 saturated heterocycles. The van der Waals surface area contributed by atoms with Crippen LogP contribution in [0, 0.1) is 5.92 Å². The van der Waals surface area contributed by atoms with Crippen molar-refractivity contribution in [2.75, 3.05) is 19.6 Å². The van der Waals surface area contributed by atoms with Gasteiger partial charge in [0.1, 0.15) is 0 Å². The van der Waals surface area contributed by atoms with Gasteiger partial charge in [0.25, 0.3) is 0 Å². The zero-order chi connectivity index (χ0) is 15.4. The van der Waals surface area contributed by atoms with Crippen LogP contribution in [0.5, 0.6) is 0 Å². The second-order valence-electron chi connectivity index (χ2n) is 6.23. The first-order chi connectivity index (χ1) is 10.8. The SMILES string of the molecule is NCc1cccc([C@H]2CN(Cc3ccccc3)C[C@@H]2CN)c1. The molecule has 2 aromatic carbocycles. The number of benzene rings is 2. The molecular formula is C19H25N3. The molecule has 3 nitrogen and oxygen atoms in total. The van der Waals surface area contributed by atoms with Crippen LogP contribution in [0.1, 0.15) is 22.6 Å². The van der Waals surface area contributed by atoms with Gasteiger partial charge in [-0.05, 0) is 29.2 Å². The standard InChI is InChI=1S/C19H25N3/c20-10-16-7-4-8-17(9-16)19-14-22(13-18(19)11-21)12-15-5-2-1-3-6-15/h1-9,18-19H,10-14,20-21H2/t18-,19+/m0/s1. The molecule has 1 heterocycles. The third kappa shape index (κ3) is 3.38. The lowest BCUT2D eigenvalue weighted by molar-refractivity contribution is 0.317. The molecule has 0 saturated carbocycles. The molecular weight excluding hydrogens is 270 g/mol. The summed E-state index contributed by atoms with van der Waals surface area (Å²) in [6.45, 7) is 4.49. The van der Waals surface area contributed by atoms with Crippen LogP contribution in [0.15, 0.2) is 54.6 Å². The second-order valence-corrected chi connectivity index (χ2v) is 6.23. The Morgan fingerprint density at radius 3 is 2.41 bits per heavy atom. The van der Waals surface area contributed by atoms with Gasteiger partial charge in [-0.2, -0.15) is 0 Å². The molecule has 1 aliphatic rings. The Bertz CT molecular complexity index is 597. The van der Waals surface area contributed by atoms with Crippen LogP contribution in [0.25, 0.3) is 0 Å². The van der Waals surface area contributed by atoms with Gasteiger partial charge in [-0.3, -0.25) is 4.90 Å². The molecule has 0 aromatic heterocycles. The Morgan fingerprint density at radius 1 is 0.909 bits per heavy atom. The van der Waals surface area contributed by atoms with E-state index in [9.17, 15) is 0 Å². The number of hydrogen-bond acceptors (Lipinski definition) is 3. The van der Waals surface area contributed by atoms with Crippen LogP contribution in [0.4, 0.5) is 0 Å². The van der Waals surface area contributed by atoms with Crippen LogP contribution in [-0.4, -0.2) is 24.5 Å². The predicted octanol–water partition coefficient (Wildman–Crippen LogP) is 2.32. The Labute approximate surface area is 132 Å². The third-order valence-electron chi connectivity index (χ3n) is 4.68. The van der Waals surface area contributed by atoms with Crippen molar-refractivity contribution in [2.24, 2.45) is 17.4 Å². The van der Waals surface area contributed by atoms with E-state index in [0.717, 1.165) is 26.2 Å². The van der Waals surface area contributed by atoms with E-state index >= 15 is 0 Å². The molecule has 1 aliphatic heterocycles. The van der Waals surface area contributed by atoms with Gasteiger partial charge in [0.2, 0.25) is 0 Å². The number of likely N-dealkylation sites (tertiary alicyclic amines) is 1. The van der Waals surface area contributed by atoms with E-state index in [1.54, 1.807) is 0 Å². The zero-order valence-corrected chi connectivity index (χ0v) is 13.0. The summed E-state index contributed by atoms with van der Waals surface area (Å²) in [5.41, 5.74) is 15.8. The van der Waals surface area contributed by atoms with Gasteiger partial charge >= 0.3 is 0 Å². The largest absolute Gasteiger partial charge is 0.330 e. The van der Waals surface area contributed by atoms with Gasteiger partial charge in [0, 0.05) is 32.1 Å². The maximum absolute atomic E-state index is 6.04. The third-order valence-corrected chi connectivity index (χ3v) is 4.68. The fourth-order valence-electron chi connectivity index (χ4n) is 3.50. The minimum Gasteiger partial charge on any atom is -0.330 e. The fraction of sp³-hybridized carbons (Fsp3) is 0.368. The summed E-state index contributed by atoms with van der Waals surface area (Å²) in [4.78, 5) is 2.52. The highest BCUT2D eigenvalue weighted by Crippen LogP contribution is 2.33. The monoisotopic (exact) mass is 295 g/mol. The summed E-state index contributed by atoms with van der Waals surface area (Å²) in [5.74, 6) is 1.04. The Kier molecular flexibility index (Phi) is 4.88. The van der Waals surface area contributed by atoms with E-state index in [-0.39, 0.29) is 0 Å². The van der Waals surface area contributed by atoms with Crippen molar-refractivity contribution >= 4 is 0 Å². The molecule has 0 spiro atoms. The normalized spacial score (nSPS) is 22.1. The Hall–Kier alpha value is -1.68. The zero-order valence-electron chi connectivity index (χ0n) is 13.0. The first-order valence-corrected chi connectivity index (χ1v) is 8.05. The average molecular weight is 295 g/mol. The van der Waals surface area contributed by atoms with Gasteiger partial charge in [0.05, 0.1) is 0 Å². The number of nitrogens with zero attached hydrogens (tertiary/aromatic N) is 1. The minimum atomic E-state index is 0.514. The molecule has 2 atom stereocenters. The van der Waals surface area contributed by atoms with E-state index in [2.05, 4.69) is 59.5 Å². The van der Waals surface area contributed by atoms with E-state index in [0.29, 0.717) is 18.4 Å². The summed E-state index contributed by atoms with van der Waals surface area (Å²) in [7, 11) is 0. The fourth-order valence-corrected chi connectivity index (χ4v) is 3.50. The van der Waals surface area contributed by atoms with Crippen LogP contribution in [0.2, 0.25) is 0 Å². The lowest BCUT2D eigenvalue weighted by atomic mass is 9.88. The van der Waals surface area contributed by atoms with E-state index in [1.807, 2.05) is 0 Å². The van der Waals surface area contributed by atoms with Crippen molar-refractivity contribution in [1.29, 1.82) is 0 Å². The molecule has 0 unspecified atom stereocenters. The van der Waals surface area contributed by atoms with Crippen molar-refractivity contribution in [3.8, 4) is 0 Å². The van der Waals surface area contributed by atoms with Gasteiger partial charge in [-0.1, -0.05) is 54.6 Å². The van der Waals surface area contributed by atoms with Crippen molar-refractivity contribution in [2.45, 2.75) is 19.0 Å². The Morgan fingerprint density at radius 2 is 1.68 bits per heavy atom. The van der Waals surface area contributed by atoms with Crippen LogP contribution in [-0.2, 0) is 13.1 Å². The van der Waals surface area contributed by atoms with Gasteiger partial charge in [-0.25, -0.2) is 0 Å². The molecule has 2 aromatic rings. The summed E-state index contributed by atoms with van der Waals surface area (Å²) < 4.78 is 0. The van der Waals surface area contributed by atoms with Crippen molar-refractivity contribution < 1.29 is 0 Å². The molecule has 22 heavy (non-hydrogen) atoms. The smallest absolute Gasteiger partial charge is 0.0234 e. The number of hydrogen-bond donors (Lipinski definition) is 2. The molecule has 116 valence electrons. The van der Waals surface area contributed by atoms with Crippen LogP contribution < -0.4 is 11.5 Å². The maximum atomic E-state index is 6.04. The van der Waals surface area contributed by atoms with Crippen LogP contribution >= 0.6 is 0 Å². The number of rotatable bonds is 5. The maximum Gasteiger partial charge on any atom is 0.0234 e. The van der Waals surface area contributed by atoms with E-state index in [1.165, 1.54) is 16.7 Å². The molecule has 3 rings (SSSR count).